The highest BCUT2D eigenvalue weighted by molar-refractivity contribution is 6.10. The second-order valence-electron chi connectivity index (χ2n) is 3.22. The third-order valence-corrected chi connectivity index (χ3v) is 2.31. The summed E-state index contributed by atoms with van der Waals surface area (Å²) in [6.45, 7) is 0. The van der Waals surface area contributed by atoms with Crippen molar-refractivity contribution in [2.45, 2.75) is 0 Å². The van der Waals surface area contributed by atoms with Crippen LogP contribution in [0.15, 0.2) is 36.4 Å². The lowest BCUT2D eigenvalue weighted by Crippen LogP contribution is -2.30. The van der Waals surface area contributed by atoms with Crippen LogP contribution in [0, 0.1) is 0 Å². The van der Waals surface area contributed by atoms with Crippen molar-refractivity contribution in [2.24, 2.45) is 5.84 Å². The van der Waals surface area contributed by atoms with E-state index in [9.17, 15) is 4.79 Å². The second kappa shape index (κ2) is 3.59. The van der Waals surface area contributed by atoms with E-state index >= 15 is 0 Å². The number of rotatable bonds is 1. The number of fused-ring (bicyclic) bond motifs is 1. The number of amides is 1. The summed E-state index contributed by atoms with van der Waals surface area (Å²) in [6.07, 6.45) is 0. The van der Waals surface area contributed by atoms with E-state index in [1.165, 1.54) is 0 Å². The molecule has 2 rings (SSSR count). The van der Waals surface area contributed by atoms with Gasteiger partial charge in [0.05, 0.1) is 5.56 Å². The highest BCUT2D eigenvalue weighted by atomic mass is 16.2. The van der Waals surface area contributed by atoms with Gasteiger partial charge in [0.2, 0.25) is 0 Å². The maximum absolute atomic E-state index is 11.5. The smallest absolute Gasteiger partial charge is 0.265 e. The van der Waals surface area contributed by atoms with Crippen LogP contribution in [0.2, 0.25) is 0 Å². The first-order valence-corrected chi connectivity index (χ1v) is 4.52. The van der Waals surface area contributed by atoms with E-state index < -0.39 is 0 Å². The zero-order chi connectivity index (χ0) is 10.8. The molecule has 0 spiro atoms. The van der Waals surface area contributed by atoms with Crippen LogP contribution in [0.25, 0.3) is 10.8 Å². The Balaban J connectivity index is 2.80. The molecule has 2 aromatic carbocycles. The van der Waals surface area contributed by atoms with Gasteiger partial charge < -0.3 is 5.73 Å². The molecule has 0 aliphatic carbocycles. The lowest BCUT2D eigenvalue weighted by Gasteiger charge is -2.07. The van der Waals surface area contributed by atoms with Crippen LogP contribution >= 0.6 is 0 Å². The van der Waals surface area contributed by atoms with Crippen LogP contribution < -0.4 is 17.0 Å². The van der Waals surface area contributed by atoms with Gasteiger partial charge in [-0.3, -0.25) is 10.2 Å². The molecule has 0 radical (unpaired) electrons. The normalized spacial score (nSPS) is 10.2. The minimum absolute atomic E-state index is 0.335. The van der Waals surface area contributed by atoms with Gasteiger partial charge in [-0.2, -0.15) is 0 Å². The molecule has 0 atom stereocenters. The van der Waals surface area contributed by atoms with Gasteiger partial charge in [0.25, 0.3) is 5.91 Å². The van der Waals surface area contributed by atoms with E-state index in [0.717, 1.165) is 10.8 Å². The summed E-state index contributed by atoms with van der Waals surface area (Å²) in [5.41, 5.74) is 9.00. The number of nitrogen functional groups attached to an aromatic ring is 2. The fourth-order valence-corrected chi connectivity index (χ4v) is 1.64. The molecular formula is C11H11N3O. The Kier molecular flexibility index (Phi) is 2.27. The molecule has 76 valence electrons. The van der Waals surface area contributed by atoms with E-state index in [1.807, 2.05) is 18.2 Å². The number of benzene rings is 2. The SMILES string of the molecule is NNC(=O)c1cccc2cccc(N)c12. The molecule has 0 bridgehead atoms. The first kappa shape index (κ1) is 9.48. The van der Waals surface area contributed by atoms with Gasteiger partial charge in [0.1, 0.15) is 0 Å². The summed E-state index contributed by atoms with van der Waals surface area (Å²) in [4.78, 5) is 11.5. The summed E-state index contributed by atoms with van der Waals surface area (Å²) in [5, 5.41) is 1.67. The zero-order valence-corrected chi connectivity index (χ0v) is 8.03. The quantitative estimate of drug-likeness (QED) is 0.279. The molecule has 2 aromatic rings. The Hall–Kier alpha value is -2.07. The Labute approximate surface area is 86.8 Å². The molecule has 0 aromatic heterocycles. The fourth-order valence-electron chi connectivity index (χ4n) is 1.64. The largest absolute Gasteiger partial charge is 0.398 e. The molecule has 0 saturated heterocycles. The van der Waals surface area contributed by atoms with Crippen molar-refractivity contribution in [1.29, 1.82) is 0 Å². The Morgan fingerprint density at radius 2 is 1.80 bits per heavy atom. The Morgan fingerprint density at radius 1 is 1.13 bits per heavy atom. The number of nitrogens with two attached hydrogens (primary N) is 2. The number of anilines is 1. The topological polar surface area (TPSA) is 81.1 Å². The van der Waals surface area contributed by atoms with Crippen molar-refractivity contribution < 1.29 is 4.79 Å². The Morgan fingerprint density at radius 3 is 2.47 bits per heavy atom. The summed E-state index contributed by atoms with van der Waals surface area (Å²) >= 11 is 0. The Bertz CT molecular complexity index is 517. The van der Waals surface area contributed by atoms with Gasteiger partial charge in [-0.25, -0.2) is 5.84 Å². The van der Waals surface area contributed by atoms with Crippen molar-refractivity contribution in [3.8, 4) is 0 Å². The monoisotopic (exact) mass is 201 g/mol. The van der Waals surface area contributed by atoms with Crippen LogP contribution in [0.3, 0.4) is 0 Å². The minimum atomic E-state index is -0.335. The van der Waals surface area contributed by atoms with Crippen molar-refractivity contribution in [3.63, 3.8) is 0 Å². The summed E-state index contributed by atoms with van der Waals surface area (Å²) in [7, 11) is 0. The van der Waals surface area contributed by atoms with E-state index in [0.29, 0.717) is 11.3 Å². The molecular weight excluding hydrogens is 190 g/mol. The van der Waals surface area contributed by atoms with Gasteiger partial charge in [0, 0.05) is 11.1 Å². The highest BCUT2D eigenvalue weighted by Crippen LogP contribution is 2.24. The standard InChI is InChI=1S/C11H11N3O/c12-9-6-2-4-7-3-1-5-8(10(7)9)11(15)14-13/h1-6H,12-13H2,(H,14,15). The van der Waals surface area contributed by atoms with E-state index in [1.54, 1.807) is 18.2 Å². The van der Waals surface area contributed by atoms with Gasteiger partial charge in [0.15, 0.2) is 0 Å². The maximum Gasteiger partial charge on any atom is 0.265 e. The van der Waals surface area contributed by atoms with Crippen LogP contribution in [-0.4, -0.2) is 5.91 Å². The molecule has 0 saturated carbocycles. The number of carbonyl (C=O) groups is 1. The first-order chi connectivity index (χ1) is 7.24. The lowest BCUT2D eigenvalue weighted by atomic mass is 10.0. The number of hydrogen-bond donors (Lipinski definition) is 3. The predicted octanol–water partition coefficient (Wildman–Crippen LogP) is 1.03. The molecule has 1 amide bonds. The van der Waals surface area contributed by atoms with Crippen LogP contribution in [0.1, 0.15) is 10.4 Å². The van der Waals surface area contributed by atoms with Crippen LogP contribution in [-0.2, 0) is 0 Å². The minimum Gasteiger partial charge on any atom is -0.398 e. The number of nitrogens with one attached hydrogen (secondary N) is 1. The lowest BCUT2D eigenvalue weighted by molar-refractivity contribution is 0.0955. The van der Waals surface area contributed by atoms with Crippen molar-refractivity contribution in [3.05, 3.63) is 42.0 Å². The van der Waals surface area contributed by atoms with Crippen LogP contribution in [0.5, 0.6) is 0 Å². The molecule has 0 aliphatic rings. The summed E-state index contributed by atoms with van der Waals surface area (Å²) in [5.74, 6) is 4.77. The third kappa shape index (κ3) is 1.51. The van der Waals surface area contributed by atoms with Crippen molar-refractivity contribution >= 4 is 22.4 Å². The van der Waals surface area contributed by atoms with Crippen molar-refractivity contribution in [1.82, 2.24) is 5.43 Å². The van der Waals surface area contributed by atoms with Gasteiger partial charge in [-0.1, -0.05) is 24.3 Å². The average molecular weight is 201 g/mol. The number of hydrogen-bond acceptors (Lipinski definition) is 3. The number of hydrazine groups is 1. The zero-order valence-electron chi connectivity index (χ0n) is 8.03. The third-order valence-electron chi connectivity index (χ3n) is 2.31. The molecule has 0 fully saturated rings. The molecule has 0 unspecified atom stereocenters. The molecule has 5 N–H and O–H groups in total. The number of carbonyl (C=O) groups excluding carboxylic acids is 1. The van der Waals surface area contributed by atoms with Gasteiger partial charge >= 0.3 is 0 Å². The maximum atomic E-state index is 11.5. The van der Waals surface area contributed by atoms with Crippen LogP contribution in [0.4, 0.5) is 5.69 Å². The molecule has 0 aliphatic heterocycles. The molecule has 4 nitrogen and oxygen atoms in total. The van der Waals surface area contributed by atoms with E-state index in [-0.39, 0.29) is 5.91 Å². The average Bonchev–Trinajstić information content (AvgIpc) is 2.28. The molecule has 4 heteroatoms. The summed E-state index contributed by atoms with van der Waals surface area (Å²) < 4.78 is 0. The molecule has 0 heterocycles. The summed E-state index contributed by atoms with van der Waals surface area (Å²) in [6, 6.07) is 10.9. The van der Waals surface area contributed by atoms with E-state index in [4.69, 9.17) is 11.6 Å². The predicted molar refractivity (Wildman–Crippen MR) is 60.0 cm³/mol. The highest BCUT2D eigenvalue weighted by Gasteiger charge is 2.09. The van der Waals surface area contributed by atoms with Gasteiger partial charge in [-0.05, 0) is 17.5 Å². The first-order valence-electron chi connectivity index (χ1n) is 4.52. The van der Waals surface area contributed by atoms with Gasteiger partial charge in [-0.15, -0.1) is 0 Å². The fraction of sp³-hybridized carbons (Fsp3) is 0. The van der Waals surface area contributed by atoms with Crippen molar-refractivity contribution in [2.75, 3.05) is 5.73 Å². The second-order valence-corrected chi connectivity index (χ2v) is 3.22. The molecule has 15 heavy (non-hydrogen) atoms. The van der Waals surface area contributed by atoms with E-state index in [2.05, 4.69) is 5.43 Å².